The van der Waals surface area contributed by atoms with E-state index in [9.17, 15) is 9.90 Å². The van der Waals surface area contributed by atoms with Crippen LogP contribution in [0.2, 0.25) is 5.15 Å². The van der Waals surface area contributed by atoms with E-state index < -0.39 is 12.1 Å². The highest BCUT2D eigenvalue weighted by molar-refractivity contribution is 6.36. The highest BCUT2D eigenvalue weighted by Gasteiger charge is 2.23. The number of hydrogen-bond donors (Lipinski definition) is 3. The van der Waals surface area contributed by atoms with Gasteiger partial charge in [-0.2, -0.15) is 0 Å². The molecular formula is C20H23Cl2N3O2. The molecule has 0 aliphatic heterocycles. The molecule has 1 aromatic heterocycles. The van der Waals surface area contributed by atoms with Crippen LogP contribution in [0.1, 0.15) is 24.2 Å². The van der Waals surface area contributed by atoms with Gasteiger partial charge in [0.25, 0.3) is 5.91 Å². The summed E-state index contributed by atoms with van der Waals surface area (Å²) in [5, 5.41) is 16.8. The lowest BCUT2D eigenvalue weighted by molar-refractivity contribution is 0.0780. The van der Waals surface area contributed by atoms with E-state index >= 15 is 0 Å². The summed E-state index contributed by atoms with van der Waals surface area (Å²) in [6, 6.07) is 17.4. The molecule has 3 aromatic rings. The molecule has 0 saturated carbocycles. The molecule has 1 unspecified atom stereocenters. The Morgan fingerprint density at radius 2 is 1.74 bits per heavy atom. The molecule has 0 spiro atoms. The second-order valence-electron chi connectivity index (χ2n) is 6.41. The number of para-hydroxylation sites is 2. The van der Waals surface area contributed by atoms with Gasteiger partial charge >= 0.3 is 0 Å². The number of carbonyl (C=O) groups excluding carboxylic acids is 1. The van der Waals surface area contributed by atoms with Crippen LogP contribution in [0.3, 0.4) is 0 Å². The Morgan fingerprint density at radius 3 is 2.41 bits per heavy atom. The number of carbonyl (C=O) groups is 1. The lowest BCUT2D eigenvalue weighted by Gasteiger charge is -2.15. The summed E-state index contributed by atoms with van der Waals surface area (Å²) < 4.78 is 1.84. The van der Waals surface area contributed by atoms with E-state index in [2.05, 4.69) is 10.6 Å². The van der Waals surface area contributed by atoms with Gasteiger partial charge in [0, 0.05) is 23.7 Å². The Morgan fingerprint density at radius 1 is 1.11 bits per heavy atom. The number of fused-ring (bicyclic) bond motifs is 1. The molecule has 0 bridgehead atoms. The zero-order chi connectivity index (χ0) is 18.7. The van der Waals surface area contributed by atoms with Crippen molar-refractivity contribution in [2.24, 2.45) is 0 Å². The fraction of sp³-hybridized carbons (Fsp3) is 0.250. The van der Waals surface area contributed by atoms with Crippen LogP contribution in [0.5, 0.6) is 0 Å². The topological polar surface area (TPSA) is 66.3 Å². The molecule has 144 valence electrons. The van der Waals surface area contributed by atoms with Crippen molar-refractivity contribution in [1.29, 1.82) is 0 Å². The number of aromatic nitrogens is 1. The smallest absolute Gasteiger partial charge is 0.257 e. The van der Waals surface area contributed by atoms with Crippen LogP contribution in [0.25, 0.3) is 16.6 Å². The number of nitrogens with zero attached hydrogens (tertiary/aromatic N) is 1. The molecule has 2 aromatic carbocycles. The molecular weight excluding hydrogens is 385 g/mol. The van der Waals surface area contributed by atoms with Crippen LogP contribution in [-0.4, -0.2) is 34.4 Å². The van der Waals surface area contributed by atoms with Crippen LogP contribution in [-0.2, 0) is 0 Å². The molecule has 1 atom stereocenters. The van der Waals surface area contributed by atoms with Crippen molar-refractivity contribution in [3.05, 3.63) is 65.3 Å². The quantitative estimate of drug-likeness (QED) is 0.545. The second kappa shape index (κ2) is 9.24. The standard InChI is InChI=1S/C20H22ClN3O2.ClH/c1-13(2)22-12-17(25)23-20(26)18-15-10-6-7-11-16(15)24(19(18)21)14-8-4-3-5-9-14;/h3-11,13,17,22,25H,12H2,1-2H3,(H,23,26);1H. The van der Waals surface area contributed by atoms with Gasteiger partial charge < -0.3 is 15.7 Å². The predicted octanol–water partition coefficient (Wildman–Crippen LogP) is 3.75. The van der Waals surface area contributed by atoms with Gasteiger partial charge in [0.15, 0.2) is 0 Å². The minimum absolute atomic E-state index is 0. The van der Waals surface area contributed by atoms with Gasteiger partial charge in [-0.25, -0.2) is 0 Å². The van der Waals surface area contributed by atoms with Gasteiger partial charge in [0.05, 0.1) is 11.1 Å². The molecule has 3 N–H and O–H groups in total. The van der Waals surface area contributed by atoms with Gasteiger partial charge in [-0.05, 0) is 18.2 Å². The first kappa shape index (κ1) is 21.3. The van der Waals surface area contributed by atoms with Crippen molar-refractivity contribution in [2.45, 2.75) is 26.1 Å². The van der Waals surface area contributed by atoms with E-state index in [0.29, 0.717) is 10.7 Å². The van der Waals surface area contributed by atoms with E-state index in [1.165, 1.54) is 0 Å². The van der Waals surface area contributed by atoms with E-state index in [-0.39, 0.29) is 25.0 Å². The van der Waals surface area contributed by atoms with Crippen molar-refractivity contribution >= 4 is 40.8 Å². The predicted molar refractivity (Wildman–Crippen MR) is 112 cm³/mol. The Bertz CT molecular complexity index is 910. The molecule has 1 amide bonds. The van der Waals surface area contributed by atoms with Crippen molar-refractivity contribution in [3.63, 3.8) is 0 Å². The molecule has 0 aliphatic rings. The highest BCUT2D eigenvalue weighted by Crippen LogP contribution is 2.33. The summed E-state index contributed by atoms with van der Waals surface area (Å²) in [7, 11) is 0. The maximum absolute atomic E-state index is 12.8. The summed E-state index contributed by atoms with van der Waals surface area (Å²) in [5.74, 6) is -0.404. The van der Waals surface area contributed by atoms with Crippen molar-refractivity contribution in [2.75, 3.05) is 6.54 Å². The average molecular weight is 408 g/mol. The minimum Gasteiger partial charge on any atom is -0.372 e. The summed E-state index contributed by atoms with van der Waals surface area (Å²) in [4.78, 5) is 12.8. The third-order valence-electron chi connectivity index (χ3n) is 4.08. The first-order valence-electron chi connectivity index (χ1n) is 8.55. The number of halogens is 2. The van der Waals surface area contributed by atoms with Crippen molar-refractivity contribution in [1.82, 2.24) is 15.2 Å². The zero-order valence-electron chi connectivity index (χ0n) is 15.1. The number of nitrogens with one attached hydrogen (secondary N) is 2. The van der Waals surface area contributed by atoms with Crippen LogP contribution >= 0.6 is 24.0 Å². The fourth-order valence-corrected chi connectivity index (χ4v) is 3.25. The third-order valence-corrected chi connectivity index (χ3v) is 4.43. The molecule has 5 nitrogen and oxygen atoms in total. The van der Waals surface area contributed by atoms with E-state index in [1.54, 1.807) is 0 Å². The lowest BCUT2D eigenvalue weighted by atomic mass is 10.1. The maximum atomic E-state index is 12.8. The minimum atomic E-state index is -1.00. The third kappa shape index (κ3) is 4.62. The Hall–Kier alpha value is -2.05. The van der Waals surface area contributed by atoms with Crippen molar-refractivity contribution < 1.29 is 9.90 Å². The van der Waals surface area contributed by atoms with E-state index in [1.807, 2.05) is 73.0 Å². The zero-order valence-corrected chi connectivity index (χ0v) is 16.7. The largest absolute Gasteiger partial charge is 0.372 e. The molecule has 7 heteroatoms. The number of benzene rings is 2. The van der Waals surface area contributed by atoms with Gasteiger partial charge in [0.1, 0.15) is 11.4 Å². The lowest BCUT2D eigenvalue weighted by Crippen LogP contribution is -2.43. The monoisotopic (exact) mass is 407 g/mol. The van der Waals surface area contributed by atoms with Crippen molar-refractivity contribution in [3.8, 4) is 5.69 Å². The number of hydrogen-bond acceptors (Lipinski definition) is 3. The molecule has 0 fully saturated rings. The van der Waals surface area contributed by atoms with E-state index in [0.717, 1.165) is 16.6 Å². The Labute approximate surface area is 169 Å². The van der Waals surface area contributed by atoms with Crippen LogP contribution in [0.4, 0.5) is 0 Å². The molecule has 27 heavy (non-hydrogen) atoms. The average Bonchev–Trinajstić information content (AvgIpc) is 2.92. The number of rotatable bonds is 6. The molecule has 1 heterocycles. The number of aliphatic hydroxyl groups excluding tert-OH is 1. The van der Waals surface area contributed by atoms with Crippen LogP contribution in [0.15, 0.2) is 54.6 Å². The van der Waals surface area contributed by atoms with Crippen LogP contribution < -0.4 is 10.6 Å². The Kier molecular flexibility index (Phi) is 7.27. The van der Waals surface area contributed by atoms with Gasteiger partial charge in [-0.15, -0.1) is 12.4 Å². The summed E-state index contributed by atoms with van der Waals surface area (Å²) >= 11 is 6.60. The molecule has 3 rings (SSSR count). The SMILES string of the molecule is CC(C)NCC(O)NC(=O)c1c(Cl)n(-c2ccccc2)c2ccccc12.Cl. The summed E-state index contributed by atoms with van der Waals surface area (Å²) in [6.45, 7) is 4.20. The normalized spacial score (nSPS) is 12.0. The van der Waals surface area contributed by atoms with Gasteiger partial charge in [-0.1, -0.05) is 61.8 Å². The van der Waals surface area contributed by atoms with Gasteiger partial charge in [-0.3, -0.25) is 9.36 Å². The summed E-state index contributed by atoms with van der Waals surface area (Å²) in [5.41, 5.74) is 2.06. The number of aliphatic hydroxyl groups is 1. The first-order valence-corrected chi connectivity index (χ1v) is 8.93. The van der Waals surface area contributed by atoms with E-state index in [4.69, 9.17) is 11.6 Å². The summed E-state index contributed by atoms with van der Waals surface area (Å²) in [6.07, 6.45) is -1.00. The second-order valence-corrected chi connectivity index (χ2v) is 6.76. The maximum Gasteiger partial charge on any atom is 0.257 e. The first-order chi connectivity index (χ1) is 12.5. The number of amides is 1. The molecule has 0 saturated heterocycles. The molecule has 0 radical (unpaired) electrons. The van der Waals surface area contributed by atoms with Gasteiger partial charge in [0.2, 0.25) is 0 Å². The van der Waals surface area contributed by atoms with Crippen LogP contribution in [0, 0.1) is 0 Å². The highest BCUT2D eigenvalue weighted by atomic mass is 35.5. The Balaban J connectivity index is 0.00000261. The molecule has 0 aliphatic carbocycles. The fourth-order valence-electron chi connectivity index (χ4n) is 2.88.